The van der Waals surface area contributed by atoms with Crippen molar-refractivity contribution in [1.82, 2.24) is 5.32 Å². The smallest absolute Gasteiger partial charge is 0.0644 e. The molecule has 0 aromatic carbocycles. The van der Waals surface area contributed by atoms with Gasteiger partial charge in [0.1, 0.15) is 0 Å². The summed E-state index contributed by atoms with van der Waals surface area (Å²) in [4.78, 5) is 0. The molecule has 2 nitrogen and oxygen atoms in total. The van der Waals surface area contributed by atoms with E-state index in [0.29, 0.717) is 6.10 Å². The normalized spacial score (nSPS) is 38.6. The lowest BCUT2D eigenvalue weighted by atomic mass is 9.76. The van der Waals surface area contributed by atoms with Gasteiger partial charge in [-0.05, 0) is 38.0 Å². The second kappa shape index (κ2) is 3.82. The van der Waals surface area contributed by atoms with Gasteiger partial charge in [-0.1, -0.05) is 6.42 Å². The van der Waals surface area contributed by atoms with Gasteiger partial charge in [-0.2, -0.15) is 0 Å². The van der Waals surface area contributed by atoms with E-state index in [1.54, 1.807) is 0 Å². The standard InChI is InChI=1S/C12H21NO/c1-2-9(3-1)12-10(6-7-14-12)8-13-11-4-5-11/h9-13H,1-8H2. The molecular weight excluding hydrogens is 174 g/mol. The van der Waals surface area contributed by atoms with Crippen LogP contribution in [0.1, 0.15) is 38.5 Å². The van der Waals surface area contributed by atoms with Crippen LogP contribution in [0, 0.1) is 11.8 Å². The van der Waals surface area contributed by atoms with Gasteiger partial charge in [0, 0.05) is 25.1 Å². The maximum atomic E-state index is 5.88. The van der Waals surface area contributed by atoms with Crippen LogP contribution >= 0.6 is 0 Å². The van der Waals surface area contributed by atoms with Crippen LogP contribution in [0.15, 0.2) is 0 Å². The Labute approximate surface area is 86.4 Å². The Kier molecular flexibility index (Phi) is 2.50. The van der Waals surface area contributed by atoms with E-state index in [9.17, 15) is 0 Å². The SMILES string of the molecule is C1CC(C2OCCC2CNC2CC2)C1. The van der Waals surface area contributed by atoms with Crippen molar-refractivity contribution in [3.05, 3.63) is 0 Å². The molecule has 0 amide bonds. The van der Waals surface area contributed by atoms with Crippen molar-refractivity contribution in [2.45, 2.75) is 50.7 Å². The molecule has 2 aliphatic carbocycles. The second-order valence-electron chi connectivity index (χ2n) is 5.26. The molecule has 14 heavy (non-hydrogen) atoms. The third kappa shape index (κ3) is 1.82. The minimum Gasteiger partial charge on any atom is -0.378 e. The predicted octanol–water partition coefficient (Wildman–Crippen LogP) is 1.94. The maximum absolute atomic E-state index is 5.88. The Hall–Kier alpha value is -0.0800. The van der Waals surface area contributed by atoms with Gasteiger partial charge in [0.15, 0.2) is 0 Å². The predicted molar refractivity (Wildman–Crippen MR) is 56.2 cm³/mol. The van der Waals surface area contributed by atoms with Crippen LogP contribution in [0.25, 0.3) is 0 Å². The van der Waals surface area contributed by atoms with Gasteiger partial charge in [0.05, 0.1) is 6.10 Å². The van der Waals surface area contributed by atoms with Crippen LogP contribution in [0.5, 0.6) is 0 Å². The molecule has 0 spiro atoms. The first-order chi connectivity index (χ1) is 6.93. The maximum Gasteiger partial charge on any atom is 0.0644 e. The van der Waals surface area contributed by atoms with Crippen LogP contribution in [0.3, 0.4) is 0 Å². The van der Waals surface area contributed by atoms with Crippen LogP contribution in [0.2, 0.25) is 0 Å². The zero-order valence-electron chi connectivity index (χ0n) is 8.87. The van der Waals surface area contributed by atoms with Gasteiger partial charge >= 0.3 is 0 Å². The average molecular weight is 195 g/mol. The Bertz CT molecular complexity index is 198. The Morgan fingerprint density at radius 2 is 1.93 bits per heavy atom. The summed E-state index contributed by atoms with van der Waals surface area (Å²) in [5.41, 5.74) is 0. The van der Waals surface area contributed by atoms with E-state index in [-0.39, 0.29) is 0 Å². The van der Waals surface area contributed by atoms with E-state index in [2.05, 4.69) is 5.32 Å². The molecule has 2 saturated carbocycles. The number of ether oxygens (including phenoxy) is 1. The minimum absolute atomic E-state index is 0.606. The van der Waals surface area contributed by atoms with E-state index >= 15 is 0 Å². The Morgan fingerprint density at radius 3 is 2.57 bits per heavy atom. The highest BCUT2D eigenvalue weighted by Crippen LogP contribution is 2.38. The van der Waals surface area contributed by atoms with E-state index in [1.807, 2.05) is 0 Å². The lowest BCUT2D eigenvalue weighted by Crippen LogP contribution is -2.37. The van der Waals surface area contributed by atoms with Gasteiger partial charge in [-0.3, -0.25) is 0 Å². The molecule has 2 unspecified atom stereocenters. The number of hydrogen-bond acceptors (Lipinski definition) is 2. The first-order valence-electron chi connectivity index (χ1n) is 6.28. The van der Waals surface area contributed by atoms with Crippen LogP contribution in [0.4, 0.5) is 0 Å². The summed E-state index contributed by atoms with van der Waals surface area (Å²) in [7, 11) is 0. The lowest BCUT2D eigenvalue weighted by Gasteiger charge is -2.34. The van der Waals surface area contributed by atoms with E-state index < -0.39 is 0 Å². The third-order valence-electron chi connectivity index (χ3n) is 4.12. The summed E-state index contributed by atoms with van der Waals surface area (Å²) < 4.78 is 5.88. The quantitative estimate of drug-likeness (QED) is 0.740. The van der Waals surface area contributed by atoms with Crippen molar-refractivity contribution in [2.75, 3.05) is 13.2 Å². The molecule has 80 valence electrons. The van der Waals surface area contributed by atoms with Crippen molar-refractivity contribution < 1.29 is 4.74 Å². The molecule has 0 bridgehead atoms. The number of hydrogen-bond donors (Lipinski definition) is 1. The van der Waals surface area contributed by atoms with E-state index in [4.69, 9.17) is 4.74 Å². The molecule has 2 atom stereocenters. The van der Waals surface area contributed by atoms with Crippen LogP contribution < -0.4 is 5.32 Å². The molecule has 2 heteroatoms. The van der Waals surface area contributed by atoms with Crippen molar-refractivity contribution >= 4 is 0 Å². The van der Waals surface area contributed by atoms with Gasteiger partial charge < -0.3 is 10.1 Å². The summed E-state index contributed by atoms with van der Waals surface area (Å²) in [5, 5.41) is 3.65. The molecular formula is C12H21NO. The van der Waals surface area contributed by atoms with Crippen molar-refractivity contribution in [3.8, 4) is 0 Å². The highest BCUT2D eigenvalue weighted by molar-refractivity contribution is 4.90. The molecule has 1 heterocycles. The number of nitrogens with one attached hydrogen (secondary N) is 1. The van der Waals surface area contributed by atoms with Crippen LogP contribution in [-0.4, -0.2) is 25.3 Å². The molecule has 3 rings (SSSR count). The Morgan fingerprint density at radius 1 is 1.07 bits per heavy atom. The molecule has 1 N–H and O–H groups in total. The topological polar surface area (TPSA) is 21.3 Å². The molecule has 1 saturated heterocycles. The van der Waals surface area contributed by atoms with Gasteiger partial charge in [0.25, 0.3) is 0 Å². The van der Waals surface area contributed by atoms with Crippen molar-refractivity contribution in [3.63, 3.8) is 0 Å². The summed E-state index contributed by atoms with van der Waals surface area (Å²) >= 11 is 0. The molecule has 3 fully saturated rings. The summed E-state index contributed by atoms with van der Waals surface area (Å²) in [5.74, 6) is 1.73. The third-order valence-corrected chi connectivity index (χ3v) is 4.12. The van der Waals surface area contributed by atoms with Gasteiger partial charge in [-0.15, -0.1) is 0 Å². The molecule has 0 aromatic rings. The van der Waals surface area contributed by atoms with Crippen LogP contribution in [-0.2, 0) is 4.74 Å². The molecule has 0 aromatic heterocycles. The molecule has 1 aliphatic heterocycles. The lowest BCUT2D eigenvalue weighted by molar-refractivity contribution is 0.0103. The number of rotatable bonds is 4. The minimum atomic E-state index is 0.606. The van der Waals surface area contributed by atoms with Gasteiger partial charge in [-0.25, -0.2) is 0 Å². The first kappa shape index (κ1) is 9.17. The highest BCUT2D eigenvalue weighted by atomic mass is 16.5. The molecule has 0 radical (unpaired) electrons. The monoisotopic (exact) mass is 195 g/mol. The van der Waals surface area contributed by atoms with E-state index in [0.717, 1.165) is 24.5 Å². The fourth-order valence-corrected chi connectivity index (χ4v) is 2.77. The Balaban J connectivity index is 1.49. The average Bonchev–Trinajstić information content (AvgIpc) is 2.82. The summed E-state index contributed by atoms with van der Waals surface area (Å²) in [6.07, 6.45) is 8.99. The summed E-state index contributed by atoms with van der Waals surface area (Å²) in [6, 6.07) is 0.859. The fraction of sp³-hybridized carbons (Fsp3) is 1.00. The molecule has 3 aliphatic rings. The first-order valence-corrected chi connectivity index (χ1v) is 6.28. The van der Waals surface area contributed by atoms with Crippen molar-refractivity contribution in [1.29, 1.82) is 0 Å². The van der Waals surface area contributed by atoms with E-state index in [1.165, 1.54) is 45.1 Å². The highest BCUT2D eigenvalue weighted by Gasteiger charge is 2.37. The van der Waals surface area contributed by atoms with Crippen molar-refractivity contribution in [2.24, 2.45) is 11.8 Å². The summed E-state index contributed by atoms with van der Waals surface area (Å²) in [6.45, 7) is 2.23. The second-order valence-corrected chi connectivity index (χ2v) is 5.26. The van der Waals surface area contributed by atoms with Gasteiger partial charge in [0.2, 0.25) is 0 Å². The zero-order valence-corrected chi connectivity index (χ0v) is 8.87. The fourth-order valence-electron chi connectivity index (χ4n) is 2.77. The zero-order chi connectivity index (χ0) is 9.38. The largest absolute Gasteiger partial charge is 0.378 e.